The molecule has 0 aliphatic heterocycles. The Hall–Kier alpha value is -3.11. The first-order chi connectivity index (χ1) is 14.9. The highest BCUT2D eigenvalue weighted by Gasteiger charge is 2.22. The third-order valence-corrected chi connectivity index (χ3v) is 5.69. The monoisotopic (exact) mass is 463 g/mol. The molecule has 1 unspecified atom stereocenters. The van der Waals surface area contributed by atoms with Crippen LogP contribution in [-0.4, -0.2) is 54.0 Å². The predicted molar refractivity (Wildman–Crippen MR) is 121 cm³/mol. The third-order valence-electron chi connectivity index (χ3n) is 4.53. The van der Waals surface area contributed by atoms with Crippen molar-refractivity contribution < 1.29 is 27.8 Å². The van der Waals surface area contributed by atoms with Crippen LogP contribution in [0.4, 0.5) is 10.3 Å². The van der Waals surface area contributed by atoms with Gasteiger partial charge in [0.1, 0.15) is 5.82 Å². The van der Waals surface area contributed by atoms with Gasteiger partial charge >= 0.3 is 5.97 Å². The van der Waals surface area contributed by atoms with Crippen LogP contribution in [-0.2, 0) is 14.8 Å². The summed E-state index contributed by atoms with van der Waals surface area (Å²) in [6.07, 6.45) is 5.52. The van der Waals surface area contributed by atoms with E-state index < -0.39 is 27.9 Å². The second kappa shape index (κ2) is 10.5. The van der Waals surface area contributed by atoms with Gasteiger partial charge in [-0.15, -0.1) is 0 Å². The van der Waals surface area contributed by atoms with E-state index >= 15 is 0 Å². The smallest absolute Gasteiger partial charge is 0.327 e. The average Bonchev–Trinajstić information content (AvgIpc) is 2.70. The predicted octanol–water partition coefficient (Wildman–Crippen LogP) is 3.21. The van der Waals surface area contributed by atoms with E-state index in [1.54, 1.807) is 6.08 Å². The van der Waals surface area contributed by atoms with Crippen LogP contribution in [0.1, 0.15) is 37.4 Å². The summed E-state index contributed by atoms with van der Waals surface area (Å²) in [4.78, 5) is 19.5. The van der Waals surface area contributed by atoms with Crippen molar-refractivity contribution in [1.82, 2.24) is 9.97 Å². The van der Waals surface area contributed by atoms with E-state index in [1.807, 2.05) is 13.8 Å². The van der Waals surface area contributed by atoms with Gasteiger partial charge in [0.2, 0.25) is 16.0 Å². The fraction of sp³-hybridized carbons (Fsp3) is 0.318. The standard InChI is InChI=1S/C22H26FN3O5S/c1-14(2)20-18(13-12-17(27)6-5-7-19(28)29)21(15-8-10-16(23)11-9-15)25-22(24-20)26(3)32(4,30)31/h5,7-14,17,27H,6H2,1-4H3,(H,28,29)/b7-5+,13-12+. The SMILES string of the molecule is CC(C)c1nc(N(C)S(C)(=O)=O)nc(-c2ccc(F)cc2)c1/C=C/C(O)C/C=C/C(=O)O. The Morgan fingerprint density at radius 1 is 1.22 bits per heavy atom. The number of aliphatic hydroxyl groups is 1. The lowest BCUT2D eigenvalue weighted by molar-refractivity contribution is -0.131. The maximum atomic E-state index is 13.5. The number of hydrogen-bond acceptors (Lipinski definition) is 6. The lowest BCUT2D eigenvalue weighted by Gasteiger charge is -2.20. The number of rotatable bonds is 9. The van der Waals surface area contributed by atoms with Crippen LogP contribution < -0.4 is 4.31 Å². The van der Waals surface area contributed by atoms with Gasteiger partial charge in [-0.25, -0.2) is 31.9 Å². The van der Waals surface area contributed by atoms with Crippen molar-refractivity contribution in [1.29, 1.82) is 0 Å². The van der Waals surface area contributed by atoms with Crippen molar-refractivity contribution in [2.75, 3.05) is 17.6 Å². The van der Waals surface area contributed by atoms with E-state index in [4.69, 9.17) is 5.11 Å². The summed E-state index contributed by atoms with van der Waals surface area (Å²) in [5.41, 5.74) is 1.99. The minimum Gasteiger partial charge on any atom is -0.478 e. The summed E-state index contributed by atoms with van der Waals surface area (Å²) in [7, 11) is -2.28. The summed E-state index contributed by atoms with van der Waals surface area (Å²) in [5, 5.41) is 18.9. The van der Waals surface area contributed by atoms with Crippen LogP contribution in [0.3, 0.4) is 0 Å². The molecule has 2 N–H and O–H groups in total. The van der Waals surface area contributed by atoms with Gasteiger partial charge in [-0.05, 0) is 36.6 Å². The number of anilines is 1. The number of carboxylic acids is 1. The molecular formula is C22H26FN3O5S. The summed E-state index contributed by atoms with van der Waals surface area (Å²) < 4.78 is 38.6. The second-order valence-electron chi connectivity index (χ2n) is 7.47. The van der Waals surface area contributed by atoms with E-state index in [-0.39, 0.29) is 18.3 Å². The van der Waals surface area contributed by atoms with Crippen molar-refractivity contribution in [3.8, 4) is 11.3 Å². The molecule has 0 spiro atoms. The molecule has 10 heteroatoms. The minimum absolute atomic E-state index is 0.0300. The molecule has 32 heavy (non-hydrogen) atoms. The summed E-state index contributed by atoms with van der Waals surface area (Å²) >= 11 is 0. The molecule has 1 heterocycles. The Morgan fingerprint density at radius 3 is 2.38 bits per heavy atom. The number of aromatic nitrogens is 2. The molecule has 0 bridgehead atoms. The van der Waals surface area contributed by atoms with Gasteiger partial charge in [-0.2, -0.15) is 0 Å². The molecule has 2 rings (SSSR count). The highest BCUT2D eigenvalue weighted by Crippen LogP contribution is 2.31. The lowest BCUT2D eigenvalue weighted by Crippen LogP contribution is -2.27. The number of hydrogen-bond donors (Lipinski definition) is 2. The van der Waals surface area contributed by atoms with Gasteiger partial charge in [0.05, 0.1) is 23.7 Å². The number of carbonyl (C=O) groups is 1. The Kier molecular flexibility index (Phi) is 8.23. The number of aliphatic hydroxyl groups excluding tert-OH is 1. The average molecular weight is 464 g/mol. The van der Waals surface area contributed by atoms with Gasteiger partial charge in [0.25, 0.3) is 0 Å². The largest absolute Gasteiger partial charge is 0.478 e. The van der Waals surface area contributed by atoms with Crippen LogP contribution in [0.2, 0.25) is 0 Å². The zero-order valence-corrected chi connectivity index (χ0v) is 19.0. The van der Waals surface area contributed by atoms with Gasteiger partial charge in [0, 0.05) is 24.3 Å². The third kappa shape index (κ3) is 6.69. The fourth-order valence-corrected chi connectivity index (χ4v) is 3.17. The quantitative estimate of drug-likeness (QED) is 0.548. The zero-order chi connectivity index (χ0) is 24.1. The number of aliphatic carboxylic acids is 1. The molecule has 1 aromatic carbocycles. The van der Waals surface area contributed by atoms with Crippen LogP contribution in [0.15, 0.2) is 42.5 Å². The van der Waals surface area contributed by atoms with Crippen molar-refractivity contribution >= 4 is 28.0 Å². The molecule has 0 saturated heterocycles. The zero-order valence-electron chi connectivity index (χ0n) is 18.2. The Morgan fingerprint density at radius 2 is 1.84 bits per heavy atom. The number of halogens is 1. The second-order valence-corrected chi connectivity index (χ2v) is 9.48. The molecule has 0 amide bonds. The normalized spacial score (nSPS) is 13.2. The first-order valence-corrected chi connectivity index (χ1v) is 11.6. The fourth-order valence-electron chi connectivity index (χ4n) is 2.79. The van der Waals surface area contributed by atoms with E-state index in [9.17, 15) is 22.7 Å². The molecule has 1 aromatic heterocycles. The molecule has 0 aliphatic rings. The Balaban J connectivity index is 2.65. The Labute approximate surface area is 186 Å². The lowest BCUT2D eigenvalue weighted by atomic mass is 9.97. The van der Waals surface area contributed by atoms with E-state index in [0.717, 1.165) is 16.6 Å². The van der Waals surface area contributed by atoms with Crippen molar-refractivity contribution in [3.63, 3.8) is 0 Å². The van der Waals surface area contributed by atoms with Gasteiger partial charge in [0.15, 0.2) is 0 Å². The molecule has 1 atom stereocenters. The maximum absolute atomic E-state index is 13.5. The van der Waals surface area contributed by atoms with Crippen molar-refractivity contribution in [3.05, 3.63) is 59.6 Å². The molecular weight excluding hydrogens is 437 g/mol. The number of benzene rings is 1. The van der Waals surface area contributed by atoms with Crippen LogP contribution in [0.5, 0.6) is 0 Å². The van der Waals surface area contributed by atoms with E-state index in [1.165, 1.54) is 43.5 Å². The molecule has 0 fully saturated rings. The maximum Gasteiger partial charge on any atom is 0.327 e. The van der Waals surface area contributed by atoms with Gasteiger partial charge in [-0.1, -0.05) is 32.1 Å². The highest BCUT2D eigenvalue weighted by atomic mass is 32.2. The molecule has 2 aromatic rings. The van der Waals surface area contributed by atoms with Gasteiger partial charge < -0.3 is 10.2 Å². The molecule has 0 saturated carbocycles. The topological polar surface area (TPSA) is 121 Å². The van der Waals surface area contributed by atoms with E-state index in [0.29, 0.717) is 22.5 Å². The Bertz CT molecular complexity index is 1130. The molecule has 8 nitrogen and oxygen atoms in total. The summed E-state index contributed by atoms with van der Waals surface area (Å²) in [6.45, 7) is 3.76. The van der Waals surface area contributed by atoms with Gasteiger partial charge in [-0.3, -0.25) is 0 Å². The first-order valence-electron chi connectivity index (χ1n) is 9.77. The molecule has 172 valence electrons. The number of sulfonamides is 1. The van der Waals surface area contributed by atoms with Crippen molar-refractivity contribution in [2.24, 2.45) is 0 Å². The number of nitrogens with zero attached hydrogens (tertiary/aromatic N) is 3. The van der Waals surface area contributed by atoms with Crippen LogP contribution >= 0.6 is 0 Å². The van der Waals surface area contributed by atoms with Crippen LogP contribution in [0.25, 0.3) is 17.3 Å². The highest BCUT2D eigenvalue weighted by molar-refractivity contribution is 7.92. The molecule has 0 radical (unpaired) electrons. The molecule has 0 aliphatic carbocycles. The van der Waals surface area contributed by atoms with Crippen molar-refractivity contribution in [2.45, 2.75) is 32.3 Å². The summed E-state index contributed by atoms with van der Waals surface area (Å²) in [5.74, 6) is -1.70. The minimum atomic E-state index is -3.63. The first kappa shape index (κ1) is 25.2. The van der Waals surface area contributed by atoms with Crippen LogP contribution in [0, 0.1) is 5.82 Å². The number of carboxylic acid groups (broad SMARTS) is 1. The summed E-state index contributed by atoms with van der Waals surface area (Å²) in [6, 6.07) is 5.59. The van der Waals surface area contributed by atoms with E-state index in [2.05, 4.69) is 9.97 Å².